The van der Waals surface area contributed by atoms with Crippen LogP contribution in [-0.4, -0.2) is 35.4 Å². The van der Waals surface area contributed by atoms with E-state index < -0.39 is 11.9 Å². The van der Waals surface area contributed by atoms with Crippen molar-refractivity contribution >= 4 is 11.9 Å². The normalized spacial score (nSPS) is 12.3. The molecule has 0 bridgehead atoms. The van der Waals surface area contributed by atoms with Gasteiger partial charge < -0.3 is 14.9 Å². The number of allylic oxidation sites excluding steroid dienone is 1. The summed E-state index contributed by atoms with van der Waals surface area (Å²) in [6.45, 7) is 8.55. The Bertz CT molecular complexity index is 346. The summed E-state index contributed by atoms with van der Waals surface area (Å²) in [5, 5.41) is 17.5. The molecule has 0 fully saturated rings. The van der Waals surface area contributed by atoms with Crippen LogP contribution in [0.5, 0.6) is 0 Å². The Hall–Kier alpha value is -1.62. The van der Waals surface area contributed by atoms with Crippen molar-refractivity contribution in [2.24, 2.45) is 5.41 Å². The fraction of sp³-hybridized carbons (Fsp3) is 0.500. The number of hydrogen-bond acceptors (Lipinski definition) is 3. The predicted octanol–water partition coefficient (Wildman–Crippen LogP) is 1.70. The molecule has 0 aromatic carbocycles. The molecule has 0 aromatic rings. The first kappa shape index (κ1) is 15.4. The summed E-state index contributed by atoms with van der Waals surface area (Å²) in [6.07, 6.45) is 1.58. The minimum atomic E-state index is -1.15. The van der Waals surface area contributed by atoms with Gasteiger partial charge in [-0.3, -0.25) is 0 Å². The van der Waals surface area contributed by atoms with Gasteiger partial charge in [-0.2, -0.15) is 0 Å². The first-order valence-corrected chi connectivity index (χ1v) is 5.07. The summed E-state index contributed by atoms with van der Waals surface area (Å²) in [5.74, 6) is -2.22. The predicted molar refractivity (Wildman–Crippen MR) is 62.8 cm³/mol. The molecule has 2 N–H and O–H groups in total. The lowest BCUT2D eigenvalue weighted by molar-refractivity contribution is -0.133. The Morgan fingerprint density at radius 2 is 1.71 bits per heavy atom. The molecule has 0 aliphatic carbocycles. The molecular formula is C12H18O5. The van der Waals surface area contributed by atoms with Gasteiger partial charge in [-0.1, -0.05) is 33.4 Å². The van der Waals surface area contributed by atoms with Gasteiger partial charge in [-0.05, 0) is 5.41 Å². The van der Waals surface area contributed by atoms with Crippen molar-refractivity contribution in [3.63, 3.8) is 0 Å². The molecule has 0 rings (SSSR count). The van der Waals surface area contributed by atoms with Crippen LogP contribution in [0.2, 0.25) is 0 Å². The third-order valence-corrected chi connectivity index (χ3v) is 1.72. The Balaban J connectivity index is 4.41. The van der Waals surface area contributed by atoms with Crippen LogP contribution in [0.15, 0.2) is 23.8 Å². The number of rotatable bonds is 6. The number of carboxylic acids is 2. The lowest BCUT2D eigenvalue weighted by Gasteiger charge is -2.14. The van der Waals surface area contributed by atoms with Crippen molar-refractivity contribution in [3.8, 4) is 0 Å². The first-order chi connectivity index (χ1) is 7.63. The van der Waals surface area contributed by atoms with Gasteiger partial charge >= 0.3 is 11.9 Å². The molecule has 0 unspecified atom stereocenters. The largest absolute Gasteiger partial charge is 0.478 e. The second kappa shape index (κ2) is 6.20. The lowest BCUT2D eigenvalue weighted by atomic mass is 9.94. The minimum Gasteiger partial charge on any atom is -0.478 e. The summed E-state index contributed by atoms with van der Waals surface area (Å²) < 4.78 is 5.00. The molecule has 0 heterocycles. The SMILES string of the molecule is C=C(COC/C(=C/C(C)(C)C)C(=O)O)C(=O)O. The molecule has 0 amide bonds. The van der Waals surface area contributed by atoms with Gasteiger partial charge in [0.1, 0.15) is 0 Å². The second-order valence-electron chi connectivity index (χ2n) is 4.74. The monoisotopic (exact) mass is 242 g/mol. The van der Waals surface area contributed by atoms with Crippen LogP contribution < -0.4 is 0 Å². The van der Waals surface area contributed by atoms with E-state index in [0.29, 0.717) is 0 Å². The first-order valence-electron chi connectivity index (χ1n) is 5.07. The minimum absolute atomic E-state index is 0.106. The summed E-state index contributed by atoms with van der Waals surface area (Å²) in [6, 6.07) is 0. The van der Waals surface area contributed by atoms with E-state index in [1.807, 2.05) is 20.8 Å². The van der Waals surface area contributed by atoms with Crippen LogP contribution in [-0.2, 0) is 14.3 Å². The highest BCUT2D eigenvalue weighted by Crippen LogP contribution is 2.18. The van der Waals surface area contributed by atoms with Gasteiger partial charge in [-0.25, -0.2) is 9.59 Å². The lowest BCUT2D eigenvalue weighted by Crippen LogP contribution is -2.15. The van der Waals surface area contributed by atoms with Crippen molar-refractivity contribution in [1.82, 2.24) is 0 Å². The van der Waals surface area contributed by atoms with E-state index in [-0.39, 0.29) is 29.8 Å². The van der Waals surface area contributed by atoms with Crippen LogP contribution >= 0.6 is 0 Å². The molecule has 0 aromatic heterocycles. The van der Waals surface area contributed by atoms with Crippen LogP contribution in [0.1, 0.15) is 20.8 Å². The maximum Gasteiger partial charge on any atom is 0.333 e. The van der Waals surface area contributed by atoms with Crippen molar-refractivity contribution in [1.29, 1.82) is 0 Å². The summed E-state index contributed by atoms with van der Waals surface area (Å²) in [4.78, 5) is 21.3. The molecule has 0 saturated carbocycles. The Kier molecular flexibility index (Phi) is 5.61. The fourth-order valence-corrected chi connectivity index (χ4v) is 1.03. The average Bonchev–Trinajstić information content (AvgIpc) is 2.13. The average molecular weight is 242 g/mol. The highest BCUT2D eigenvalue weighted by atomic mass is 16.5. The maximum absolute atomic E-state index is 10.9. The van der Waals surface area contributed by atoms with Crippen LogP contribution in [0, 0.1) is 5.41 Å². The van der Waals surface area contributed by atoms with Gasteiger partial charge in [-0.15, -0.1) is 0 Å². The van der Waals surface area contributed by atoms with Crippen molar-refractivity contribution < 1.29 is 24.5 Å². The molecule has 0 saturated heterocycles. The van der Waals surface area contributed by atoms with Crippen LogP contribution in [0.25, 0.3) is 0 Å². The number of ether oxygens (including phenoxy) is 1. The number of hydrogen-bond donors (Lipinski definition) is 2. The van der Waals surface area contributed by atoms with Gasteiger partial charge in [0.2, 0.25) is 0 Å². The maximum atomic E-state index is 10.9. The van der Waals surface area contributed by atoms with E-state index in [0.717, 1.165) is 0 Å². The smallest absolute Gasteiger partial charge is 0.333 e. The Morgan fingerprint density at radius 3 is 2.06 bits per heavy atom. The standard InChI is InChI=1S/C12H18O5/c1-8(10(13)14)6-17-7-9(11(15)16)5-12(2,3)4/h5H,1,6-7H2,2-4H3,(H,13,14)(H,15,16)/b9-5-. The molecular weight excluding hydrogens is 224 g/mol. The van der Waals surface area contributed by atoms with E-state index in [1.54, 1.807) is 6.08 Å². The molecule has 0 spiro atoms. The van der Waals surface area contributed by atoms with Crippen LogP contribution in [0.4, 0.5) is 0 Å². The zero-order valence-corrected chi connectivity index (χ0v) is 10.3. The molecule has 0 aliphatic heterocycles. The van der Waals surface area contributed by atoms with Crippen molar-refractivity contribution in [2.75, 3.05) is 13.2 Å². The van der Waals surface area contributed by atoms with Gasteiger partial charge in [0.05, 0.1) is 24.4 Å². The van der Waals surface area contributed by atoms with Gasteiger partial charge in [0.15, 0.2) is 0 Å². The third kappa shape index (κ3) is 7.30. The highest BCUT2D eigenvalue weighted by Gasteiger charge is 2.14. The van der Waals surface area contributed by atoms with Crippen LogP contribution in [0.3, 0.4) is 0 Å². The summed E-state index contributed by atoms with van der Waals surface area (Å²) in [5.41, 5.74) is -0.276. The number of carboxylic acid groups (broad SMARTS) is 2. The molecule has 0 aliphatic rings. The van der Waals surface area contributed by atoms with Crippen molar-refractivity contribution in [2.45, 2.75) is 20.8 Å². The van der Waals surface area contributed by atoms with E-state index in [2.05, 4.69) is 6.58 Å². The molecule has 17 heavy (non-hydrogen) atoms. The fourth-order valence-electron chi connectivity index (χ4n) is 1.03. The van der Waals surface area contributed by atoms with E-state index in [1.165, 1.54) is 0 Å². The van der Waals surface area contributed by atoms with E-state index in [4.69, 9.17) is 14.9 Å². The van der Waals surface area contributed by atoms with E-state index in [9.17, 15) is 9.59 Å². The second-order valence-corrected chi connectivity index (χ2v) is 4.74. The number of carbonyl (C=O) groups is 2. The zero-order chi connectivity index (χ0) is 13.6. The van der Waals surface area contributed by atoms with Crippen molar-refractivity contribution in [3.05, 3.63) is 23.8 Å². The summed E-state index contributed by atoms with van der Waals surface area (Å²) in [7, 11) is 0. The molecule has 96 valence electrons. The highest BCUT2D eigenvalue weighted by molar-refractivity contribution is 5.87. The quantitative estimate of drug-likeness (QED) is 0.692. The Morgan fingerprint density at radius 1 is 1.18 bits per heavy atom. The Labute approximate surface area is 100 Å². The molecule has 0 atom stereocenters. The van der Waals surface area contributed by atoms with Gasteiger partial charge in [0.25, 0.3) is 0 Å². The molecule has 5 heteroatoms. The van der Waals surface area contributed by atoms with E-state index >= 15 is 0 Å². The topological polar surface area (TPSA) is 83.8 Å². The zero-order valence-electron chi connectivity index (χ0n) is 10.3. The molecule has 0 radical (unpaired) electrons. The summed E-state index contributed by atoms with van der Waals surface area (Å²) >= 11 is 0. The molecule has 5 nitrogen and oxygen atoms in total. The van der Waals surface area contributed by atoms with Gasteiger partial charge in [0, 0.05) is 0 Å². The number of aliphatic carboxylic acids is 2. The third-order valence-electron chi connectivity index (χ3n) is 1.72.